The molecule has 186 valence electrons. The van der Waals surface area contributed by atoms with Crippen molar-refractivity contribution in [3.05, 3.63) is 108 Å². The Labute approximate surface area is 223 Å². The summed E-state index contributed by atoms with van der Waals surface area (Å²) in [5.41, 5.74) is 2.56. The first-order valence-electron chi connectivity index (χ1n) is 11.3. The average molecular weight is 541 g/mol. The molecule has 12 nitrogen and oxygen atoms in total. The summed E-state index contributed by atoms with van der Waals surface area (Å²) in [6.45, 7) is 0. The van der Waals surface area contributed by atoms with E-state index in [1.807, 2.05) is 45.2 Å². The Morgan fingerprint density at radius 1 is 0.789 bits per heavy atom. The van der Waals surface area contributed by atoms with Gasteiger partial charge in [0.15, 0.2) is 11.6 Å². The number of nitrogens with zero attached hydrogens (tertiary/aromatic N) is 10. The van der Waals surface area contributed by atoms with Crippen LogP contribution in [0.1, 0.15) is 23.3 Å². The highest BCUT2D eigenvalue weighted by atomic mass is 32.1. The van der Waals surface area contributed by atoms with Gasteiger partial charge in [0.1, 0.15) is 30.0 Å². The van der Waals surface area contributed by atoms with Gasteiger partial charge in [0.2, 0.25) is 5.13 Å². The van der Waals surface area contributed by atoms with E-state index in [4.69, 9.17) is 13.9 Å². The minimum absolute atomic E-state index is 0.276. The fraction of sp³-hybridized carbons (Fsp3) is 0.0417. The van der Waals surface area contributed by atoms with Crippen molar-refractivity contribution in [1.82, 2.24) is 34.5 Å². The van der Waals surface area contributed by atoms with Crippen LogP contribution in [0.25, 0.3) is 11.3 Å². The van der Waals surface area contributed by atoms with E-state index >= 15 is 0 Å². The zero-order chi connectivity index (χ0) is 25.3. The molecule has 0 spiro atoms. The predicted molar refractivity (Wildman–Crippen MR) is 140 cm³/mol. The number of anilines is 3. The zero-order valence-electron chi connectivity index (χ0n) is 19.3. The number of pyridine rings is 1. The second kappa shape index (κ2) is 9.49. The maximum atomic E-state index is 5.88. The number of aromatic nitrogens is 7. The molecule has 0 aromatic carbocycles. The van der Waals surface area contributed by atoms with Gasteiger partial charge in [0.05, 0.1) is 11.9 Å². The molecule has 0 saturated carbocycles. The molecule has 1 aliphatic heterocycles. The fourth-order valence-corrected chi connectivity index (χ4v) is 5.40. The molecule has 38 heavy (non-hydrogen) atoms. The van der Waals surface area contributed by atoms with Crippen molar-refractivity contribution in [2.24, 2.45) is 0 Å². The molecule has 0 amide bonds. The summed E-state index contributed by atoms with van der Waals surface area (Å²) in [6.07, 6.45) is 11.5. The zero-order valence-corrected chi connectivity index (χ0v) is 21.0. The number of oxazole rings is 1. The van der Waals surface area contributed by atoms with Crippen molar-refractivity contribution in [1.29, 1.82) is 0 Å². The SMILES string of the molecule is c1ccc(C2=C(c3ccon3)N(c3ncco3)N(c3ccsn3)N(c3nccs3)C2c2ncccn2)nc1. The van der Waals surface area contributed by atoms with Crippen molar-refractivity contribution in [3.8, 4) is 0 Å². The van der Waals surface area contributed by atoms with Crippen LogP contribution in [-0.4, -0.2) is 34.5 Å². The molecule has 0 radical (unpaired) electrons. The normalized spacial score (nSPS) is 15.9. The van der Waals surface area contributed by atoms with Gasteiger partial charge < -0.3 is 8.94 Å². The summed E-state index contributed by atoms with van der Waals surface area (Å²) in [5, 5.41) is 14.4. The minimum atomic E-state index is -0.600. The second-order valence-electron chi connectivity index (χ2n) is 7.80. The van der Waals surface area contributed by atoms with Crippen LogP contribution in [0.3, 0.4) is 0 Å². The van der Waals surface area contributed by atoms with E-state index in [1.54, 1.807) is 48.1 Å². The van der Waals surface area contributed by atoms with Gasteiger partial charge in [0, 0.05) is 47.2 Å². The topological polar surface area (TPSA) is 126 Å². The van der Waals surface area contributed by atoms with E-state index in [-0.39, 0.29) is 6.01 Å². The van der Waals surface area contributed by atoms with Crippen molar-refractivity contribution in [3.63, 3.8) is 0 Å². The third kappa shape index (κ3) is 3.70. The Bertz CT molecular complexity index is 1630. The van der Waals surface area contributed by atoms with Gasteiger partial charge in [-0.05, 0) is 35.8 Å². The molecule has 1 atom stereocenters. The van der Waals surface area contributed by atoms with Crippen LogP contribution in [0.15, 0.2) is 99.6 Å². The second-order valence-corrected chi connectivity index (χ2v) is 9.34. The van der Waals surface area contributed by atoms with E-state index in [9.17, 15) is 0 Å². The van der Waals surface area contributed by atoms with Gasteiger partial charge in [-0.1, -0.05) is 11.2 Å². The maximum absolute atomic E-state index is 5.88. The third-order valence-corrected chi connectivity index (χ3v) is 6.99. The summed E-state index contributed by atoms with van der Waals surface area (Å²) in [5.74, 6) is 1.13. The molecule has 0 N–H and O–H groups in total. The number of hydrazine groups is 2. The van der Waals surface area contributed by atoms with Gasteiger partial charge in [-0.2, -0.15) is 14.5 Å². The number of thiazole rings is 1. The maximum Gasteiger partial charge on any atom is 0.323 e. The molecule has 0 bridgehead atoms. The lowest BCUT2D eigenvalue weighted by atomic mass is 9.96. The lowest BCUT2D eigenvalue weighted by Crippen LogP contribution is -2.59. The van der Waals surface area contributed by atoms with Gasteiger partial charge in [0.25, 0.3) is 0 Å². The summed E-state index contributed by atoms with van der Waals surface area (Å²) in [6, 6.07) is 10.8. The number of rotatable bonds is 6. The summed E-state index contributed by atoms with van der Waals surface area (Å²) < 4.78 is 15.9. The molecule has 6 aromatic heterocycles. The van der Waals surface area contributed by atoms with Crippen LogP contribution < -0.4 is 15.1 Å². The lowest BCUT2D eigenvalue weighted by Gasteiger charge is -2.49. The van der Waals surface area contributed by atoms with Crippen LogP contribution >= 0.6 is 22.9 Å². The standard InChI is InChI=1S/C24H16N10O2S2/c1-2-7-25-16(4-1)19-20(17-5-12-36-30-17)32(23-28-10-13-35-23)34(18-6-14-38-31-18)33(24-29-11-15-37-24)21(19)22-26-8-3-9-27-22/h1-15,21H. The van der Waals surface area contributed by atoms with Gasteiger partial charge in [-0.15, -0.1) is 11.3 Å². The molecule has 0 fully saturated rings. The van der Waals surface area contributed by atoms with Crippen LogP contribution in [0.5, 0.6) is 0 Å². The highest BCUT2D eigenvalue weighted by Crippen LogP contribution is 2.49. The van der Waals surface area contributed by atoms with Crippen molar-refractivity contribution in [2.75, 3.05) is 15.1 Å². The molecule has 1 aliphatic rings. The number of hydrogen-bond acceptors (Lipinski definition) is 14. The minimum Gasteiger partial charge on any atom is -0.431 e. The smallest absolute Gasteiger partial charge is 0.323 e. The molecule has 0 saturated heterocycles. The Kier molecular flexibility index (Phi) is 5.56. The van der Waals surface area contributed by atoms with E-state index < -0.39 is 6.04 Å². The Morgan fingerprint density at radius 3 is 2.39 bits per heavy atom. The monoisotopic (exact) mass is 540 g/mol. The molecule has 6 aromatic rings. The van der Waals surface area contributed by atoms with Crippen LogP contribution in [0, 0.1) is 0 Å². The van der Waals surface area contributed by atoms with Crippen LogP contribution in [0.2, 0.25) is 0 Å². The molecule has 0 aliphatic carbocycles. The molecular weight excluding hydrogens is 524 g/mol. The van der Waals surface area contributed by atoms with Crippen LogP contribution in [-0.2, 0) is 0 Å². The van der Waals surface area contributed by atoms with Crippen LogP contribution in [0.4, 0.5) is 17.0 Å². The third-order valence-electron chi connectivity index (χ3n) is 5.67. The summed E-state index contributed by atoms with van der Waals surface area (Å²) in [7, 11) is 0. The van der Waals surface area contributed by atoms with Crippen molar-refractivity contribution < 1.29 is 8.94 Å². The quantitative estimate of drug-likeness (QED) is 0.290. The van der Waals surface area contributed by atoms with Gasteiger partial charge in [-0.25, -0.2) is 24.9 Å². The highest BCUT2D eigenvalue weighted by Gasteiger charge is 2.48. The van der Waals surface area contributed by atoms with Crippen molar-refractivity contribution >= 4 is 51.1 Å². The van der Waals surface area contributed by atoms with E-state index in [0.717, 1.165) is 5.57 Å². The first-order valence-corrected chi connectivity index (χ1v) is 13.0. The molecule has 7 rings (SSSR count). The highest BCUT2D eigenvalue weighted by molar-refractivity contribution is 7.13. The Hall–Kier alpha value is -4.95. The van der Waals surface area contributed by atoms with E-state index in [1.165, 1.54) is 35.4 Å². The largest absolute Gasteiger partial charge is 0.431 e. The first kappa shape index (κ1) is 22.3. The van der Waals surface area contributed by atoms with Crippen molar-refractivity contribution in [2.45, 2.75) is 6.04 Å². The van der Waals surface area contributed by atoms with Gasteiger partial charge >= 0.3 is 6.01 Å². The fourth-order valence-electron chi connectivity index (χ4n) is 4.26. The van der Waals surface area contributed by atoms with E-state index in [2.05, 4.69) is 29.5 Å². The molecular formula is C24H16N10O2S2. The first-order chi connectivity index (χ1) is 18.9. The molecule has 14 heteroatoms. The molecule has 7 heterocycles. The average Bonchev–Trinajstić information content (AvgIpc) is 3.79. The predicted octanol–water partition coefficient (Wildman–Crippen LogP) is 4.73. The Balaban J connectivity index is 1.64. The van der Waals surface area contributed by atoms with E-state index in [0.29, 0.717) is 33.9 Å². The molecule has 1 unspecified atom stereocenters. The van der Waals surface area contributed by atoms with Gasteiger partial charge in [-0.3, -0.25) is 4.98 Å². The summed E-state index contributed by atoms with van der Waals surface area (Å²) in [4.78, 5) is 23.3. The summed E-state index contributed by atoms with van der Waals surface area (Å²) >= 11 is 2.78. The Morgan fingerprint density at radius 2 is 1.71 bits per heavy atom. The lowest BCUT2D eigenvalue weighted by molar-refractivity contribution is 0.416. The number of hydrogen-bond donors (Lipinski definition) is 0.